The van der Waals surface area contributed by atoms with Crippen molar-refractivity contribution >= 4 is 27.6 Å². The third-order valence-electron chi connectivity index (χ3n) is 3.23. The minimum absolute atomic E-state index is 0.274. The van der Waals surface area contributed by atoms with Gasteiger partial charge >= 0.3 is 6.09 Å². The maximum Gasteiger partial charge on any atom is 0.410 e. The second-order valence-electron chi connectivity index (χ2n) is 6.11. The number of aromatic nitrogens is 1. The van der Waals surface area contributed by atoms with Gasteiger partial charge in [-0.2, -0.15) is 0 Å². The zero-order valence-corrected chi connectivity index (χ0v) is 14.9. The highest BCUT2D eigenvalue weighted by molar-refractivity contribution is 9.10. The average molecular weight is 369 g/mol. The summed E-state index contributed by atoms with van der Waals surface area (Å²) in [4.78, 5) is 18.1. The van der Waals surface area contributed by atoms with Crippen LogP contribution in [0.5, 0.6) is 5.75 Å². The van der Waals surface area contributed by atoms with Crippen molar-refractivity contribution in [1.82, 2.24) is 9.88 Å². The molecule has 22 heavy (non-hydrogen) atoms. The summed E-state index contributed by atoms with van der Waals surface area (Å²) >= 11 is 3.39. The molecule has 0 bridgehead atoms. The first-order valence-electron chi connectivity index (χ1n) is 7.17. The quantitative estimate of drug-likeness (QED) is 0.794. The number of halogens is 1. The Balaban J connectivity index is 2.07. The molecule has 5 nitrogen and oxygen atoms in total. The van der Waals surface area contributed by atoms with Crippen LogP contribution in [0.3, 0.4) is 0 Å². The van der Waals surface area contributed by atoms with Gasteiger partial charge in [-0.15, -0.1) is 0 Å². The van der Waals surface area contributed by atoms with Gasteiger partial charge < -0.3 is 14.4 Å². The number of ether oxygens (including phenoxy) is 2. The third-order valence-corrected chi connectivity index (χ3v) is 3.83. The van der Waals surface area contributed by atoms with E-state index in [2.05, 4.69) is 20.9 Å². The van der Waals surface area contributed by atoms with Gasteiger partial charge in [0.05, 0.1) is 17.3 Å². The zero-order chi connectivity index (χ0) is 16.3. The van der Waals surface area contributed by atoms with Crippen molar-refractivity contribution in [3.8, 4) is 5.75 Å². The molecule has 1 aliphatic rings. The Kier molecular flexibility index (Phi) is 5.11. The number of carbonyl (C=O) groups excluding carboxylic acids is 1. The second kappa shape index (κ2) is 6.69. The Labute approximate surface area is 139 Å². The number of hydrogen-bond donors (Lipinski definition) is 0. The number of nitrogens with zero attached hydrogens (tertiary/aromatic N) is 2. The fourth-order valence-corrected chi connectivity index (χ4v) is 2.53. The molecule has 0 atom stereocenters. The Bertz CT molecular complexity index is 594. The second-order valence-corrected chi connectivity index (χ2v) is 6.96. The summed E-state index contributed by atoms with van der Waals surface area (Å²) in [7, 11) is 1.63. The van der Waals surface area contributed by atoms with Gasteiger partial charge in [-0.3, -0.25) is 4.98 Å². The molecule has 0 N–H and O–H groups in total. The minimum Gasteiger partial charge on any atom is -0.495 e. The zero-order valence-electron chi connectivity index (χ0n) is 13.4. The van der Waals surface area contributed by atoms with Crippen molar-refractivity contribution < 1.29 is 14.3 Å². The van der Waals surface area contributed by atoms with Gasteiger partial charge in [-0.05, 0) is 48.7 Å². The summed E-state index contributed by atoms with van der Waals surface area (Å²) in [6, 6.07) is 1.90. The summed E-state index contributed by atoms with van der Waals surface area (Å²) < 4.78 is 11.5. The lowest BCUT2D eigenvalue weighted by Crippen LogP contribution is -2.39. The van der Waals surface area contributed by atoms with E-state index < -0.39 is 5.60 Å². The molecule has 2 heterocycles. The summed E-state index contributed by atoms with van der Waals surface area (Å²) in [5.74, 6) is 0.750. The highest BCUT2D eigenvalue weighted by atomic mass is 79.9. The highest BCUT2D eigenvalue weighted by Crippen LogP contribution is 2.29. The van der Waals surface area contributed by atoms with Gasteiger partial charge in [-0.1, -0.05) is 6.08 Å². The number of carbonyl (C=O) groups is 1. The van der Waals surface area contributed by atoms with Crippen molar-refractivity contribution in [3.63, 3.8) is 0 Å². The van der Waals surface area contributed by atoms with Gasteiger partial charge in [0.2, 0.25) is 0 Å². The molecule has 0 spiro atoms. The maximum atomic E-state index is 12.0. The Morgan fingerprint density at radius 2 is 2.14 bits per heavy atom. The van der Waals surface area contributed by atoms with E-state index in [1.54, 1.807) is 18.2 Å². The standard InChI is InChI=1S/C16H21BrN2O3/c1-16(2,3)22-15(20)19-7-5-11(6-8-19)13-9-14(21-4)12(17)10-18-13/h5,9-10H,6-8H2,1-4H3. The normalized spacial score (nSPS) is 15.3. The van der Waals surface area contributed by atoms with Crippen LogP contribution >= 0.6 is 15.9 Å². The van der Waals surface area contributed by atoms with Crippen LogP contribution in [0.25, 0.3) is 5.57 Å². The molecule has 2 rings (SSSR count). The molecule has 1 aromatic rings. The largest absolute Gasteiger partial charge is 0.495 e. The van der Waals surface area contributed by atoms with Crippen molar-refractivity contribution in [2.24, 2.45) is 0 Å². The monoisotopic (exact) mass is 368 g/mol. The summed E-state index contributed by atoms with van der Waals surface area (Å²) in [6.45, 7) is 6.77. The van der Waals surface area contributed by atoms with Crippen LogP contribution in [-0.2, 0) is 4.74 Å². The van der Waals surface area contributed by atoms with Gasteiger partial charge in [0, 0.05) is 25.4 Å². The highest BCUT2D eigenvalue weighted by Gasteiger charge is 2.24. The number of rotatable bonds is 2. The summed E-state index contributed by atoms with van der Waals surface area (Å²) in [6.07, 6.45) is 4.22. The molecule has 0 unspecified atom stereocenters. The van der Waals surface area contributed by atoms with Crippen LogP contribution in [0.15, 0.2) is 22.8 Å². The maximum absolute atomic E-state index is 12.0. The molecule has 0 saturated carbocycles. The first-order chi connectivity index (χ1) is 10.3. The number of methoxy groups -OCH3 is 1. The van der Waals surface area contributed by atoms with Crippen LogP contribution in [0, 0.1) is 0 Å². The number of pyridine rings is 1. The minimum atomic E-state index is -0.471. The summed E-state index contributed by atoms with van der Waals surface area (Å²) in [5, 5.41) is 0. The lowest BCUT2D eigenvalue weighted by Gasteiger charge is -2.29. The molecule has 0 aromatic carbocycles. The molecule has 0 saturated heterocycles. The van der Waals surface area contributed by atoms with E-state index in [0.717, 1.165) is 27.9 Å². The Morgan fingerprint density at radius 1 is 1.41 bits per heavy atom. The number of amides is 1. The summed E-state index contributed by atoms with van der Waals surface area (Å²) in [5.41, 5.74) is 1.52. The number of hydrogen-bond acceptors (Lipinski definition) is 4. The van der Waals surface area contributed by atoms with Gasteiger partial charge in [-0.25, -0.2) is 4.79 Å². The molecular formula is C16H21BrN2O3. The Hall–Kier alpha value is -1.56. The van der Waals surface area contributed by atoms with Crippen LogP contribution < -0.4 is 4.74 Å². The molecule has 0 aliphatic carbocycles. The van der Waals surface area contributed by atoms with E-state index >= 15 is 0 Å². The van der Waals surface area contributed by atoms with E-state index in [4.69, 9.17) is 9.47 Å². The molecule has 120 valence electrons. The molecule has 0 fully saturated rings. The lowest BCUT2D eigenvalue weighted by atomic mass is 10.0. The molecule has 1 amide bonds. The van der Waals surface area contributed by atoms with E-state index in [-0.39, 0.29) is 6.09 Å². The molecular weight excluding hydrogens is 348 g/mol. The van der Waals surface area contributed by atoms with E-state index in [1.807, 2.05) is 32.9 Å². The fraction of sp³-hybridized carbons (Fsp3) is 0.500. The van der Waals surface area contributed by atoms with Crippen LogP contribution in [-0.4, -0.2) is 41.8 Å². The average Bonchev–Trinajstić information content (AvgIpc) is 2.46. The predicted molar refractivity (Wildman–Crippen MR) is 88.9 cm³/mol. The Morgan fingerprint density at radius 3 is 2.68 bits per heavy atom. The topological polar surface area (TPSA) is 51.7 Å². The SMILES string of the molecule is COc1cc(C2=CCN(C(=O)OC(C)(C)C)CC2)ncc1Br. The molecule has 1 aliphatic heterocycles. The van der Waals surface area contributed by atoms with Crippen LogP contribution in [0.2, 0.25) is 0 Å². The molecule has 1 aromatic heterocycles. The first-order valence-corrected chi connectivity index (χ1v) is 7.96. The van der Waals surface area contributed by atoms with Gasteiger partial charge in [0.15, 0.2) is 0 Å². The predicted octanol–water partition coefficient (Wildman–Crippen LogP) is 3.88. The van der Waals surface area contributed by atoms with Crippen LogP contribution in [0.4, 0.5) is 4.79 Å². The van der Waals surface area contributed by atoms with E-state index in [9.17, 15) is 4.79 Å². The van der Waals surface area contributed by atoms with Crippen molar-refractivity contribution in [2.45, 2.75) is 32.8 Å². The van der Waals surface area contributed by atoms with Crippen molar-refractivity contribution in [1.29, 1.82) is 0 Å². The van der Waals surface area contributed by atoms with Gasteiger partial charge in [0.25, 0.3) is 0 Å². The third kappa shape index (κ3) is 4.22. The lowest BCUT2D eigenvalue weighted by molar-refractivity contribution is 0.0270. The van der Waals surface area contributed by atoms with Crippen molar-refractivity contribution in [2.75, 3.05) is 20.2 Å². The first kappa shape index (κ1) is 16.8. The molecule has 6 heteroatoms. The van der Waals surface area contributed by atoms with Gasteiger partial charge in [0.1, 0.15) is 11.4 Å². The van der Waals surface area contributed by atoms with Crippen molar-refractivity contribution in [3.05, 3.63) is 28.5 Å². The van der Waals surface area contributed by atoms with E-state index in [0.29, 0.717) is 13.1 Å². The fourth-order valence-electron chi connectivity index (χ4n) is 2.15. The molecule has 0 radical (unpaired) electrons. The van der Waals surface area contributed by atoms with E-state index in [1.165, 1.54) is 0 Å². The smallest absolute Gasteiger partial charge is 0.410 e. The van der Waals surface area contributed by atoms with Crippen LogP contribution in [0.1, 0.15) is 32.9 Å².